The fourth-order valence-corrected chi connectivity index (χ4v) is 2.23. The zero-order valence-electron chi connectivity index (χ0n) is 9.52. The first-order chi connectivity index (χ1) is 7.83. The fourth-order valence-electron chi connectivity index (χ4n) is 2.23. The van der Waals surface area contributed by atoms with Crippen molar-refractivity contribution in [3.05, 3.63) is 12.4 Å². The molecule has 1 aliphatic carbocycles. The SMILES string of the molecule is COc1cc(NC2CCCC2CN)ncn1. The molecule has 1 aromatic heterocycles. The molecule has 0 spiro atoms. The van der Waals surface area contributed by atoms with Crippen molar-refractivity contribution in [2.75, 3.05) is 19.0 Å². The summed E-state index contributed by atoms with van der Waals surface area (Å²) in [5, 5.41) is 3.41. The lowest BCUT2D eigenvalue weighted by atomic mass is 10.0. The second kappa shape index (κ2) is 5.12. The Morgan fingerprint density at radius 3 is 3.12 bits per heavy atom. The number of hydrogen-bond donors (Lipinski definition) is 2. The predicted molar refractivity (Wildman–Crippen MR) is 62.4 cm³/mol. The van der Waals surface area contributed by atoms with E-state index in [0.29, 0.717) is 17.8 Å². The molecule has 5 nitrogen and oxygen atoms in total. The molecule has 0 bridgehead atoms. The van der Waals surface area contributed by atoms with Gasteiger partial charge in [-0.2, -0.15) is 0 Å². The molecule has 5 heteroatoms. The quantitative estimate of drug-likeness (QED) is 0.795. The van der Waals surface area contributed by atoms with Crippen molar-refractivity contribution in [3.8, 4) is 5.88 Å². The molecule has 1 saturated carbocycles. The minimum Gasteiger partial charge on any atom is -0.481 e. The van der Waals surface area contributed by atoms with Crippen LogP contribution in [0.3, 0.4) is 0 Å². The van der Waals surface area contributed by atoms with Gasteiger partial charge in [-0.25, -0.2) is 9.97 Å². The zero-order valence-corrected chi connectivity index (χ0v) is 9.52. The van der Waals surface area contributed by atoms with Gasteiger partial charge in [-0.1, -0.05) is 6.42 Å². The molecule has 1 aliphatic rings. The summed E-state index contributed by atoms with van der Waals surface area (Å²) >= 11 is 0. The van der Waals surface area contributed by atoms with Crippen molar-refractivity contribution < 1.29 is 4.74 Å². The number of ether oxygens (including phenoxy) is 1. The highest BCUT2D eigenvalue weighted by Gasteiger charge is 2.26. The molecule has 2 rings (SSSR count). The van der Waals surface area contributed by atoms with Gasteiger partial charge in [0, 0.05) is 12.1 Å². The smallest absolute Gasteiger partial charge is 0.218 e. The van der Waals surface area contributed by atoms with Gasteiger partial charge >= 0.3 is 0 Å². The topological polar surface area (TPSA) is 73.1 Å². The Hall–Kier alpha value is -1.36. The van der Waals surface area contributed by atoms with E-state index < -0.39 is 0 Å². The van der Waals surface area contributed by atoms with E-state index in [-0.39, 0.29) is 0 Å². The Labute approximate surface area is 95.4 Å². The van der Waals surface area contributed by atoms with Gasteiger partial charge in [0.05, 0.1) is 7.11 Å². The summed E-state index contributed by atoms with van der Waals surface area (Å²) in [7, 11) is 1.60. The minimum absolute atomic E-state index is 0.435. The Kier molecular flexibility index (Phi) is 3.56. The summed E-state index contributed by atoms with van der Waals surface area (Å²) in [6.45, 7) is 0.736. The van der Waals surface area contributed by atoms with Gasteiger partial charge < -0.3 is 15.8 Å². The Bertz CT molecular complexity index is 345. The third-order valence-corrected chi connectivity index (χ3v) is 3.15. The molecule has 1 aromatic rings. The molecule has 1 fully saturated rings. The van der Waals surface area contributed by atoms with Crippen LogP contribution < -0.4 is 15.8 Å². The Morgan fingerprint density at radius 2 is 2.38 bits per heavy atom. The molecule has 88 valence electrons. The van der Waals surface area contributed by atoms with Crippen LogP contribution in [0.15, 0.2) is 12.4 Å². The maximum atomic E-state index is 5.74. The van der Waals surface area contributed by atoms with Gasteiger partial charge in [0.2, 0.25) is 5.88 Å². The van der Waals surface area contributed by atoms with E-state index in [1.54, 1.807) is 7.11 Å². The van der Waals surface area contributed by atoms with Crippen molar-refractivity contribution in [2.45, 2.75) is 25.3 Å². The molecule has 0 aromatic carbocycles. The largest absolute Gasteiger partial charge is 0.481 e. The number of rotatable bonds is 4. The average Bonchev–Trinajstić information content (AvgIpc) is 2.76. The second-order valence-corrected chi connectivity index (χ2v) is 4.12. The van der Waals surface area contributed by atoms with E-state index in [1.807, 2.05) is 6.07 Å². The van der Waals surface area contributed by atoms with Gasteiger partial charge in [0.1, 0.15) is 12.1 Å². The highest BCUT2D eigenvalue weighted by Crippen LogP contribution is 2.27. The van der Waals surface area contributed by atoms with Crippen LogP contribution in [0.5, 0.6) is 5.88 Å². The first-order valence-corrected chi connectivity index (χ1v) is 5.66. The van der Waals surface area contributed by atoms with Crippen molar-refractivity contribution in [2.24, 2.45) is 11.7 Å². The average molecular weight is 222 g/mol. The summed E-state index contributed by atoms with van der Waals surface area (Å²) in [5.41, 5.74) is 5.74. The van der Waals surface area contributed by atoms with Crippen LogP contribution in [0.4, 0.5) is 5.82 Å². The standard InChI is InChI=1S/C11H18N4O/c1-16-11-5-10(13-7-14-11)15-9-4-2-3-8(9)6-12/h5,7-9H,2-4,6,12H2,1H3,(H,13,14,15). The number of aromatic nitrogens is 2. The fraction of sp³-hybridized carbons (Fsp3) is 0.636. The van der Waals surface area contributed by atoms with E-state index in [9.17, 15) is 0 Å². The van der Waals surface area contributed by atoms with Crippen LogP contribution in [0.1, 0.15) is 19.3 Å². The summed E-state index contributed by atoms with van der Waals surface area (Å²) in [6, 6.07) is 2.25. The Balaban J connectivity index is 2.02. The van der Waals surface area contributed by atoms with Crippen LogP contribution in [0, 0.1) is 5.92 Å². The second-order valence-electron chi connectivity index (χ2n) is 4.12. The normalized spacial score (nSPS) is 24.4. The van der Waals surface area contributed by atoms with Gasteiger partial charge in [0.15, 0.2) is 0 Å². The molecular formula is C11H18N4O. The van der Waals surface area contributed by atoms with Crippen LogP contribution in [0.2, 0.25) is 0 Å². The third-order valence-electron chi connectivity index (χ3n) is 3.15. The summed E-state index contributed by atoms with van der Waals surface area (Å²) in [6.07, 6.45) is 5.11. The summed E-state index contributed by atoms with van der Waals surface area (Å²) < 4.78 is 5.06. The molecule has 16 heavy (non-hydrogen) atoms. The molecule has 1 heterocycles. The monoisotopic (exact) mass is 222 g/mol. The summed E-state index contributed by atoms with van der Waals surface area (Å²) in [4.78, 5) is 8.15. The van der Waals surface area contributed by atoms with Crippen molar-refractivity contribution in [3.63, 3.8) is 0 Å². The van der Waals surface area contributed by atoms with E-state index in [4.69, 9.17) is 10.5 Å². The van der Waals surface area contributed by atoms with Crippen LogP contribution in [-0.4, -0.2) is 29.7 Å². The van der Waals surface area contributed by atoms with E-state index in [2.05, 4.69) is 15.3 Å². The number of anilines is 1. The lowest BCUT2D eigenvalue weighted by Crippen LogP contribution is -2.29. The predicted octanol–water partition coefficient (Wildman–Crippen LogP) is 1.02. The molecule has 0 saturated heterocycles. The van der Waals surface area contributed by atoms with Gasteiger partial charge in [-0.15, -0.1) is 0 Å². The first kappa shape index (κ1) is 11.1. The van der Waals surface area contributed by atoms with Crippen molar-refractivity contribution >= 4 is 5.82 Å². The van der Waals surface area contributed by atoms with E-state index in [1.165, 1.54) is 19.2 Å². The molecule has 2 atom stereocenters. The number of methoxy groups -OCH3 is 1. The molecule has 3 N–H and O–H groups in total. The number of nitrogens with one attached hydrogen (secondary N) is 1. The zero-order chi connectivity index (χ0) is 11.4. The third kappa shape index (κ3) is 2.41. The summed E-state index contributed by atoms with van der Waals surface area (Å²) in [5.74, 6) is 1.96. The molecule has 0 amide bonds. The molecule has 2 unspecified atom stereocenters. The van der Waals surface area contributed by atoms with Crippen molar-refractivity contribution in [1.82, 2.24) is 9.97 Å². The van der Waals surface area contributed by atoms with Gasteiger partial charge in [-0.3, -0.25) is 0 Å². The highest BCUT2D eigenvalue weighted by atomic mass is 16.5. The van der Waals surface area contributed by atoms with Crippen molar-refractivity contribution in [1.29, 1.82) is 0 Å². The highest BCUT2D eigenvalue weighted by molar-refractivity contribution is 5.38. The first-order valence-electron chi connectivity index (χ1n) is 5.66. The number of hydrogen-bond acceptors (Lipinski definition) is 5. The van der Waals surface area contributed by atoms with E-state index in [0.717, 1.165) is 18.8 Å². The minimum atomic E-state index is 0.435. The number of nitrogens with zero attached hydrogens (tertiary/aromatic N) is 2. The molecular weight excluding hydrogens is 204 g/mol. The lowest BCUT2D eigenvalue weighted by Gasteiger charge is -2.19. The number of nitrogens with two attached hydrogens (primary N) is 1. The van der Waals surface area contributed by atoms with E-state index >= 15 is 0 Å². The molecule has 0 radical (unpaired) electrons. The van der Waals surface area contributed by atoms with Crippen LogP contribution >= 0.6 is 0 Å². The molecule has 0 aliphatic heterocycles. The van der Waals surface area contributed by atoms with Gasteiger partial charge in [0.25, 0.3) is 0 Å². The Morgan fingerprint density at radius 1 is 1.50 bits per heavy atom. The maximum Gasteiger partial charge on any atom is 0.218 e. The van der Waals surface area contributed by atoms with Crippen LogP contribution in [0.25, 0.3) is 0 Å². The van der Waals surface area contributed by atoms with Gasteiger partial charge in [-0.05, 0) is 25.3 Å². The maximum absolute atomic E-state index is 5.74. The lowest BCUT2D eigenvalue weighted by molar-refractivity contribution is 0.397. The van der Waals surface area contributed by atoms with Crippen LogP contribution in [-0.2, 0) is 0 Å².